The second kappa shape index (κ2) is 13.4. The number of allylic oxidation sites excluding steroid dienone is 3. The molecule has 1 rings (SSSR count). The molecule has 3 heteroatoms. The zero-order chi connectivity index (χ0) is 15.0. The van der Waals surface area contributed by atoms with Crippen molar-refractivity contribution in [3.63, 3.8) is 0 Å². The van der Waals surface area contributed by atoms with Crippen LogP contribution >= 0.6 is 0 Å². The van der Waals surface area contributed by atoms with Crippen LogP contribution in [0, 0.1) is 17.2 Å². The Morgan fingerprint density at radius 3 is 2.38 bits per heavy atom. The Kier molecular flexibility index (Phi) is 11.2. The quantitative estimate of drug-likeness (QED) is 0.642. The highest BCUT2D eigenvalue weighted by Crippen LogP contribution is 2.13. The molecule has 0 fully saturated rings. The normalized spacial score (nSPS) is 26.3. The van der Waals surface area contributed by atoms with Crippen molar-refractivity contribution in [1.29, 1.82) is 5.26 Å². The average Bonchev–Trinajstić information content (AvgIpc) is 2.51. The largest absolute Gasteiger partial charge is 0.500 e. The molecule has 0 aromatic rings. The van der Waals surface area contributed by atoms with Crippen molar-refractivity contribution in [1.82, 2.24) is 0 Å². The first kappa shape index (κ1) is 17.5. The molecule has 0 aliphatic carbocycles. The molecule has 0 spiro atoms. The number of rotatable bonds is 0. The van der Waals surface area contributed by atoms with Gasteiger partial charge >= 0.3 is 0 Å². The van der Waals surface area contributed by atoms with E-state index < -0.39 is 0 Å². The van der Waals surface area contributed by atoms with Gasteiger partial charge in [0.15, 0.2) is 0 Å². The molecule has 0 aromatic heterocycles. The predicted octanol–water partition coefficient (Wildman–Crippen LogP) is 4.81. The van der Waals surface area contributed by atoms with E-state index in [0.29, 0.717) is 6.61 Å². The molecular weight excluding hydrogens is 260 g/mol. The van der Waals surface area contributed by atoms with E-state index in [9.17, 15) is 0 Å². The summed E-state index contributed by atoms with van der Waals surface area (Å²) in [6.45, 7) is 1.42. The summed E-state index contributed by atoms with van der Waals surface area (Å²) < 4.78 is 5.40. The summed E-state index contributed by atoms with van der Waals surface area (Å²) in [6, 6.07) is 2.33. The van der Waals surface area contributed by atoms with Crippen molar-refractivity contribution in [3.05, 3.63) is 24.5 Å². The second-order valence-corrected chi connectivity index (χ2v) is 5.55. The number of hydrogen-bond acceptors (Lipinski definition) is 3. The van der Waals surface area contributed by atoms with Gasteiger partial charge in [0, 0.05) is 12.8 Å². The molecule has 1 unspecified atom stereocenters. The molecule has 0 saturated carbocycles. The van der Waals surface area contributed by atoms with Crippen LogP contribution < -0.4 is 0 Å². The summed E-state index contributed by atoms with van der Waals surface area (Å²) in [5, 5.41) is 9.09. The molecule has 3 nitrogen and oxygen atoms in total. The van der Waals surface area contributed by atoms with Crippen LogP contribution in [0.4, 0.5) is 0 Å². The number of nitriles is 1. The molecule has 0 N–H and O–H groups in total. The van der Waals surface area contributed by atoms with Gasteiger partial charge in [0.25, 0.3) is 0 Å². The fourth-order valence-corrected chi connectivity index (χ4v) is 2.36. The highest BCUT2D eigenvalue weighted by molar-refractivity contribution is 5.71. The van der Waals surface area contributed by atoms with E-state index in [1.165, 1.54) is 44.9 Å². The van der Waals surface area contributed by atoms with Crippen LogP contribution in [0.3, 0.4) is 0 Å². The van der Waals surface area contributed by atoms with Crippen molar-refractivity contribution < 1.29 is 4.74 Å². The van der Waals surface area contributed by atoms with Crippen molar-refractivity contribution in [3.8, 4) is 6.07 Å². The van der Waals surface area contributed by atoms with Crippen molar-refractivity contribution in [2.75, 3.05) is 13.2 Å². The minimum atomic E-state index is 0.0160. The molecule has 0 radical (unpaired) electrons. The van der Waals surface area contributed by atoms with Gasteiger partial charge in [0.1, 0.15) is 6.61 Å². The molecule has 1 heterocycles. The molecule has 1 aliphatic heterocycles. The second-order valence-electron chi connectivity index (χ2n) is 5.55. The van der Waals surface area contributed by atoms with Crippen LogP contribution in [0.5, 0.6) is 0 Å². The molecule has 0 saturated heterocycles. The highest BCUT2D eigenvalue weighted by atomic mass is 16.5. The molecule has 116 valence electrons. The van der Waals surface area contributed by atoms with Gasteiger partial charge in [0.2, 0.25) is 0 Å². The summed E-state index contributed by atoms with van der Waals surface area (Å²) in [5.41, 5.74) is 0. The highest BCUT2D eigenvalue weighted by Gasteiger charge is 2.06. The van der Waals surface area contributed by atoms with Gasteiger partial charge in [-0.3, -0.25) is 4.99 Å². The SMILES string of the molecule is N#CC1CCCCCCCCCCN=C/C=C\C=C/OC1. The summed E-state index contributed by atoms with van der Waals surface area (Å²) >= 11 is 0. The number of ether oxygens (including phenoxy) is 1. The van der Waals surface area contributed by atoms with E-state index >= 15 is 0 Å². The summed E-state index contributed by atoms with van der Waals surface area (Å²) in [7, 11) is 0. The Morgan fingerprint density at radius 2 is 1.62 bits per heavy atom. The lowest BCUT2D eigenvalue weighted by Gasteiger charge is -2.08. The monoisotopic (exact) mass is 288 g/mol. The van der Waals surface area contributed by atoms with Crippen molar-refractivity contribution >= 4 is 6.21 Å². The van der Waals surface area contributed by atoms with E-state index in [4.69, 9.17) is 10.00 Å². The standard InChI is InChI=1S/C18H28N2O/c19-16-18-12-8-5-3-1-2-4-6-9-13-20-14-10-7-11-15-21-17-18/h7,10-11,14-15,18H,1-6,8-9,12-13,17H2/b10-7-,15-11-,20-14?. The Morgan fingerprint density at radius 1 is 0.905 bits per heavy atom. The Balaban J connectivity index is 2.35. The van der Waals surface area contributed by atoms with E-state index in [2.05, 4.69) is 11.1 Å². The summed E-state index contributed by atoms with van der Waals surface area (Å²) in [4.78, 5) is 4.35. The van der Waals surface area contributed by atoms with Crippen molar-refractivity contribution in [2.45, 2.75) is 57.8 Å². The predicted molar refractivity (Wildman–Crippen MR) is 88.2 cm³/mol. The van der Waals surface area contributed by atoms with E-state index in [1.807, 2.05) is 24.4 Å². The number of nitrogens with zero attached hydrogens (tertiary/aromatic N) is 2. The van der Waals surface area contributed by atoms with Gasteiger partial charge in [-0.2, -0.15) is 5.26 Å². The minimum absolute atomic E-state index is 0.0160. The maximum Gasteiger partial charge on any atom is 0.103 e. The zero-order valence-corrected chi connectivity index (χ0v) is 13.0. The number of aliphatic imine (C=N–C) groups is 1. The smallest absolute Gasteiger partial charge is 0.103 e. The average molecular weight is 288 g/mol. The maximum absolute atomic E-state index is 9.09. The van der Waals surface area contributed by atoms with E-state index in [1.54, 1.807) is 6.26 Å². The van der Waals surface area contributed by atoms with Crippen LogP contribution in [-0.4, -0.2) is 19.4 Å². The summed E-state index contributed by atoms with van der Waals surface area (Å²) in [6.07, 6.45) is 20.2. The minimum Gasteiger partial charge on any atom is -0.500 e. The Bertz CT molecular complexity index is 366. The van der Waals surface area contributed by atoms with Gasteiger partial charge < -0.3 is 4.74 Å². The van der Waals surface area contributed by atoms with E-state index in [0.717, 1.165) is 19.4 Å². The first-order chi connectivity index (χ1) is 10.4. The molecule has 21 heavy (non-hydrogen) atoms. The Hall–Kier alpha value is -1.56. The summed E-state index contributed by atoms with van der Waals surface area (Å²) in [5.74, 6) is 0.0160. The fourth-order valence-electron chi connectivity index (χ4n) is 2.36. The fraction of sp³-hybridized carbons (Fsp3) is 0.667. The van der Waals surface area contributed by atoms with Crippen LogP contribution in [0.1, 0.15) is 57.8 Å². The molecular formula is C18H28N2O. The molecule has 0 aromatic carbocycles. The first-order valence-corrected chi connectivity index (χ1v) is 8.26. The lowest BCUT2D eigenvalue weighted by atomic mass is 10.0. The van der Waals surface area contributed by atoms with Crippen LogP contribution in [0.25, 0.3) is 0 Å². The van der Waals surface area contributed by atoms with Gasteiger partial charge in [-0.15, -0.1) is 0 Å². The lowest BCUT2D eigenvalue weighted by Crippen LogP contribution is -2.04. The lowest BCUT2D eigenvalue weighted by molar-refractivity contribution is 0.211. The van der Waals surface area contributed by atoms with Crippen LogP contribution in [-0.2, 0) is 4.74 Å². The topological polar surface area (TPSA) is 45.4 Å². The van der Waals surface area contributed by atoms with Gasteiger partial charge in [-0.25, -0.2) is 0 Å². The van der Waals surface area contributed by atoms with Crippen LogP contribution in [0.2, 0.25) is 0 Å². The third kappa shape index (κ3) is 10.8. The first-order valence-electron chi connectivity index (χ1n) is 8.26. The van der Waals surface area contributed by atoms with Gasteiger partial charge in [-0.05, 0) is 25.0 Å². The van der Waals surface area contributed by atoms with Crippen LogP contribution in [0.15, 0.2) is 29.5 Å². The van der Waals surface area contributed by atoms with E-state index in [-0.39, 0.29) is 5.92 Å². The third-order valence-electron chi connectivity index (χ3n) is 3.66. The van der Waals surface area contributed by atoms with Gasteiger partial charge in [-0.1, -0.05) is 51.0 Å². The zero-order valence-electron chi connectivity index (χ0n) is 13.0. The maximum atomic E-state index is 9.09. The molecule has 0 bridgehead atoms. The molecule has 0 amide bonds. The van der Waals surface area contributed by atoms with Gasteiger partial charge in [0.05, 0.1) is 18.2 Å². The third-order valence-corrected chi connectivity index (χ3v) is 3.66. The number of hydrogen-bond donors (Lipinski definition) is 0. The Labute approximate surface area is 129 Å². The molecule has 1 atom stereocenters. The van der Waals surface area contributed by atoms with Crippen molar-refractivity contribution in [2.24, 2.45) is 10.9 Å². The molecule has 1 aliphatic rings.